The van der Waals surface area contributed by atoms with Crippen LogP contribution in [0.5, 0.6) is 0 Å². The highest BCUT2D eigenvalue weighted by molar-refractivity contribution is 8.18. The lowest BCUT2D eigenvalue weighted by molar-refractivity contribution is -0.138. The summed E-state index contributed by atoms with van der Waals surface area (Å²) in [6.07, 6.45) is -3.24. The Bertz CT molecular complexity index is 1520. The van der Waals surface area contributed by atoms with Gasteiger partial charge in [0.1, 0.15) is 0 Å². The predicted octanol–water partition coefficient (Wildman–Crippen LogP) is 6.02. The molecule has 0 radical (unpaired) electrons. The lowest BCUT2D eigenvalue weighted by Gasteiger charge is -2.21. The van der Waals surface area contributed by atoms with Crippen LogP contribution in [0, 0.1) is 0 Å². The highest BCUT2D eigenvalue weighted by Crippen LogP contribution is 2.38. The summed E-state index contributed by atoms with van der Waals surface area (Å²) in [6.45, 7) is 1.79. The Hall–Kier alpha value is -3.51. The number of thioether (sulfide) groups is 1. The maximum atomic E-state index is 13.7. The van der Waals surface area contributed by atoms with Crippen molar-refractivity contribution >= 4 is 57.6 Å². The number of imide groups is 1. The van der Waals surface area contributed by atoms with E-state index < -0.39 is 35.0 Å². The van der Waals surface area contributed by atoms with Gasteiger partial charge in [0.05, 0.1) is 41.4 Å². The van der Waals surface area contributed by atoms with Gasteiger partial charge in [0.25, 0.3) is 11.1 Å². The number of fused-ring (bicyclic) bond motifs is 1. The summed E-state index contributed by atoms with van der Waals surface area (Å²) in [5.41, 5.74) is 0.0283. The van der Waals surface area contributed by atoms with Crippen molar-refractivity contribution in [3.63, 3.8) is 0 Å². The molecule has 1 aromatic heterocycles. The van der Waals surface area contributed by atoms with Crippen molar-refractivity contribution in [3.8, 4) is 0 Å². The van der Waals surface area contributed by atoms with Crippen molar-refractivity contribution in [2.45, 2.75) is 38.1 Å². The number of ether oxygens (including phenoxy) is 1. The first-order valence-electron chi connectivity index (χ1n) is 11.9. The molecule has 2 saturated heterocycles. The molecule has 0 bridgehead atoms. The lowest BCUT2D eigenvalue weighted by Crippen LogP contribution is -2.41. The molecule has 0 spiro atoms. The van der Waals surface area contributed by atoms with E-state index in [1.165, 1.54) is 34.9 Å². The number of para-hydroxylation sites is 1. The minimum Gasteiger partial charge on any atom is -0.453 e. The number of nitrogens with zero attached hydrogens (tertiary/aromatic N) is 4. The van der Waals surface area contributed by atoms with E-state index in [2.05, 4.69) is 5.10 Å². The summed E-state index contributed by atoms with van der Waals surface area (Å²) in [6, 6.07) is 9.82. The maximum Gasteiger partial charge on any atom is 0.416 e. The molecule has 2 atom stereocenters. The Kier molecular flexibility index (Phi) is 7.10. The molecular formula is C26H22ClF3N4O4S. The number of hydrogen-bond acceptors (Lipinski definition) is 6. The van der Waals surface area contributed by atoms with E-state index in [9.17, 15) is 27.6 Å². The van der Waals surface area contributed by atoms with Gasteiger partial charge in [-0.1, -0.05) is 35.9 Å². The quantitative estimate of drug-likeness (QED) is 0.352. The SMILES string of the molecule is COC(=O)N1C[C@H](N2C(=O)SC(=Cc3nn(Cc4ccc(Cl)cc4C(F)(F)F)c4ccccc34)C2=O)C[C@H]1C. The summed E-state index contributed by atoms with van der Waals surface area (Å²) < 4.78 is 47.2. The van der Waals surface area contributed by atoms with Gasteiger partial charge in [0.15, 0.2) is 0 Å². The van der Waals surface area contributed by atoms with Gasteiger partial charge >= 0.3 is 12.3 Å². The third kappa shape index (κ3) is 5.10. The van der Waals surface area contributed by atoms with Crippen molar-refractivity contribution < 1.29 is 32.3 Å². The van der Waals surface area contributed by atoms with Gasteiger partial charge in [-0.15, -0.1) is 0 Å². The molecule has 0 N–H and O–H groups in total. The highest BCUT2D eigenvalue weighted by atomic mass is 35.5. The molecule has 39 heavy (non-hydrogen) atoms. The Morgan fingerprint density at radius 2 is 1.97 bits per heavy atom. The summed E-state index contributed by atoms with van der Waals surface area (Å²) in [4.78, 5) is 40.9. The van der Waals surface area contributed by atoms with Crippen molar-refractivity contribution in [3.05, 3.63) is 69.2 Å². The predicted molar refractivity (Wildman–Crippen MR) is 140 cm³/mol. The van der Waals surface area contributed by atoms with Crippen LogP contribution in [-0.4, -0.2) is 62.6 Å². The van der Waals surface area contributed by atoms with Gasteiger partial charge in [-0.3, -0.25) is 19.2 Å². The Balaban J connectivity index is 1.46. The molecule has 2 fully saturated rings. The first-order chi connectivity index (χ1) is 18.5. The minimum atomic E-state index is -4.61. The molecule has 3 aromatic rings. The Morgan fingerprint density at radius 3 is 2.69 bits per heavy atom. The Labute approximate surface area is 230 Å². The molecule has 13 heteroatoms. The van der Waals surface area contributed by atoms with Crippen LogP contribution in [0.2, 0.25) is 5.02 Å². The minimum absolute atomic E-state index is 0.0162. The van der Waals surface area contributed by atoms with Crippen molar-refractivity contribution in [2.75, 3.05) is 13.7 Å². The molecule has 5 rings (SSSR count). The van der Waals surface area contributed by atoms with Gasteiger partial charge in [-0.2, -0.15) is 18.3 Å². The number of likely N-dealkylation sites (tertiary alicyclic amines) is 1. The van der Waals surface area contributed by atoms with Crippen molar-refractivity contribution in [2.24, 2.45) is 0 Å². The average Bonchev–Trinajstić information content (AvgIpc) is 3.52. The second kappa shape index (κ2) is 10.2. The number of methoxy groups -OCH3 is 1. The first-order valence-corrected chi connectivity index (χ1v) is 13.1. The number of hydrogen-bond donors (Lipinski definition) is 0. The summed E-state index contributed by atoms with van der Waals surface area (Å²) in [5.74, 6) is -0.510. The number of carbonyl (C=O) groups excluding carboxylic acids is 3. The third-order valence-electron chi connectivity index (χ3n) is 6.80. The molecule has 2 aliphatic heterocycles. The molecule has 8 nitrogen and oxygen atoms in total. The van der Waals surface area contributed by atoms with Gasteiger partial charge in [0.2, 0.25) is 0 Å². The molecule has 0 unspecified atom stereocenters. The van der Waals surface area contributed by atoms with Crippen LogP contribution >= 0.6 is 23.4 Å². The van der Waals surface area contributed by atoms with E-state index in [-0.39, 0.29) is 34.6 Å². The molecule has 204 valence electrons. The van der Waals surface area contributed by atoms with Crippen LogP contribution in [0.15, 0.2) is 47.4 Å². The van der Waals surface area contributed by atoms with Crippen LogP contribution in [0.4, 0.5) is 22.8 Å². The largest absolute Gasteiger partial charge is 0.453 e. The van der Waals surface area contributed by atoms with Gasteiger partial charge < -0.3 is 9.64 Å². The second-order valence-corrected chi connectivity index (χ2v) is 10.7. The zero-order valence-corrected chi connectivity index (χ0v) is 22.3. The van der Waals surface area contributed by atoms with Crippen LogP contribution in [0.25, 0.3) is 17.0 Å². The first kappa shape index (κ1) is 27.1. The summed E-state index contributed by atoms with van der Waals surface area (Å²) in [7, 11) is 1.27. The maximum absolute atomic E-state index is 13.7. The fourth-order valence-corrected chi connectivity index (χ4v) is 6.02. The van der Waals surface area contributed by atoms with Crippen LogP contribution in [0.3, 0.4) is 0 Å². The molecular weight excluding hydrogens is 557 g/mol. The zero-order valence-electron chi connectivity index (χ0n) is 20.7. The molecule has 3 heterocycles. The van der Waals surface area contributed by atoms with E-state index in [0.717, 1.165) is 22.7 Å². The molecule has 2 aromatic carbocycles. The number of benzene rings is 2. The lowest BCUT2D eigenvalue weighted by atomic mass is 10.1. The number of carbonyl (C=O) groups is 3. The Morgan fingerprint density at radius 1 is 1.23 bits per heavy atom. The molecule has 0 saturated carbocycles. The smallest absolute Gasteiger partial charge is 0.416 e. The molecule has 3 amide bonds. The van der Waals surface area contributed by atoms with Crippen LogP contribution in [0.1, 0.15) is 30.2 Å². The van der Waals surface area contributed by atoms with E-state index in [1.807, 2.05) is 6.92 Å². The standard InChI is InChI=1S/C26H22ClF3N4O4S/c1-14-9-17(13-32(14)24(36)38-2)34-23(35)22(39-25(34)37)11-20-18-5-3-4-6-21(18)33(31-20)12-15-7-8-16(27)10-19(15)26(28,29)30/h3-8,10-11,14,17H,9,12-13H2,1-2H3/t14-,17-/m1/s1. The fourth-order valence-electron chi connectivity index (χ4n) is 4.97. The van der Waals surface area contributed by atoms with E-state index in [1.54, 1.807) is 24.3 Å². The molecule has 0 aliphatic carbocycles. The zero-order chi connectivity index (χ0) is 28.1. The topological polar surface area (TPSA) is 84.7 Å². The summed E-state index contributed by atoms with van der Waals surface area (Å²) >= 11 is 6.58. The summed E-state index contributed by atoms with van der Waals surface area (Å²) in [5, 5.41) is 4.63. The second-order valence-electron chi connectivity index (χ2n) is 9.27. The van der Waals surface area contributed by atoms with E-state index >= 15 is 0 Å². The van der Waals surface area contributed by atoms with Crippen LogP contribution < -0.4 is 0 Å². The van der Waals surface area contributed by atoms with Gasteiger partial charge in [-0.05, 0) is 54.9 Å². The normalized spacial score (nSPS) is 21.0. The van der Waals surface area contributed by atoms with E-state index in [0.29, 0.717) is 23.0 Å². The number of amides is 3. The van der Waals surface area contributed by atoms with Gasteiger partial charge in [-0.25, -0.2) is 4.79 Å². The highest BCUT2D eigenvalue weighted by Gasteiger charge is 2.45. The van der Waals surface area contributed by atoms with Crippen LogP contribution in [-0.2, 0) is 22.3 Å². The monoisotopic (exact) mass is 578 g/mol. The number of aromatic nitrogens is 2. The average molecular weight is 579 g/mol. The van der Waals surface area contributed by atoms with Gasteiger partial charge in [0, 0.05) is 23.0 Å². The van der Waals surface area contributed by atoms with Crippen molar-refractivity contribution in [1.82, 2.24) is 19.6 Å². The number of rotatable bonds is 4. The fraction of sp³-hybridized carbons (Fsp3) is 0.308. The van der Waals surface area contributed by atoms with Crippen molar-refractivity contribution in [1.29, 1.82) is 0 Å². The number of halogens is 4. The number of alkyl halides is 3. The third-order valence-corrected chi connectivity index (χ3v) is 7.92. The molecule has 2 aliphatic rings. The van der Waals surface area contributed by atoms with E-state index in [4.69, 9.17) is 16.3 Å².